The summed E-state index contributed by atoms with van der Waals surface area (Å²) in [4.78, 5) is 26.3. The summed E-state index contributed by atoms with van der Waals surface area (Å²) in [5, 5.41) is 9.56. The third kappa shape index (κ3) is 3.71. The molecule has 1 aromatic carbocycles. The smallest absolute Gasteiger partial charge is 0.350 e. The molecule has 0 atom stereocenters. The number of amides is 1. The lowest BCUT2D eigenvalue weighted by atomic mass is 10.2. The molecular formula is C16H17N3O5S2. The predicted octanol–water partition coefficient (Wildman–Crippen LogP) is 1.18. The lowest BCUT2D eigenvalue weighted by Crippen LogP contribution is -2.32. The van der Waals surface area contributed by atoms with E-state index in [2.05, 4.69) is 10.1 Å². The summed E-state index contributed by atoms with van der Waals surface area (Å²) in [5.74, 6) is -0.783. The number of nitrogens with zero attached hydrogens (tertiary/aromatic N) is 1. The van der Waals surface area contributed by atoms with Gasteiger partial charge in [0.1, 0.15) is 4.88 Å². The van der Waals surface area contributed by atoms with Gasteiger partial charge in [0, 0.05) is 12.2 Å². The molecule has 0 aliphatic carbocycles. The third-order valence-corrected chi connectivity index (χ3v) is 5.82. The van der Waals surface area contributed by atoms with E-state index in [1.165, 1.54) is 30.6 Å². The van der Waals surface area contributed by atoms with Crippen molar-refractivity contribution in [3.05, 3.63) is 40.1 Å². The van der Waals surface area contributed by atoms with Crippen LogP contribution in [0.15, 0.2) is 34.5 Å². The number of hydrogen-bond acceptors (Lipinski definition) is 7. The van der Waals surface area contributed by atoms with Gasteiger partial charge in [-0.15, -0.1) is 11.3 Å². The molecule has 0 saturated carbocycles. The van der Waals surface area contributed by atoms with Gasteiger partial charge in [-0.2, -0.15) is 0 Å². The number of carbonyl (C=O) groups excluding carboxylic acids is 2. The Kier molecular flexibility index (Phi) is 4.99. The number of ether oxygens (including phenoxy) is 1. The minimum atomic E-state index is -3.76. The first-order chi connectivity index (χ1) is 12.3. The van der Waals surface area contributed by atoms with Gasteiger partial charge in [0.15, 0.2) is 0 Å². The van der Waals surface area contributed by atoms with E-state index in [-0.39, 0.29) is 17.3 Å². The summed E-state index contributed by atoms with van der Waals surface area (Å²) in [6.07, 6.45) is 0.623. The van der Waals surface area contributed by atoms with Crippen molar-refractivity contribution >= 4 is 44.6 Å². The zero-order valence-corrected chi connectivity index (χ0v) is 15.5. The molecular weight excluding hydrogens is 378 g/mol. The second-order valence-corrected chi connectivity index (χ2v) is 8.19. The molecule has 1 aliphatic rings. The molecule has 1 aliphatic heterocycles. The van der Waals surface area contributed by atoms with Gasteiger partial charge < -0.3 is 15.0 Å². The average Bonchev–Trinajstić information content (AvgIpc) is 3.20. The molecule has 0 unspecified atom stereocenters. The van der Waals surface area contributed by atoms with E-state index in [4.69, 9.17) is 5.14 Å². The standard InChI is InChI=1S/C16H17N3O5S2/c1-24-16(21)15-12(5-7-25-15)18-14(20)9-19-6-4-10-8-11(26(17,22)23)2-3-13(10)19/h2-3,5,7-8H,4,6,9H2,1H3,(H,18,20)(H2,17,22,23). The Labute approximate surface area is 154 Å². The van der Waals surface area contributed by atoms with E-state index in [0.29, 0.717) is 23.5 Å². The van der Waals surface area contributed by atoms with Crippen LogP contribution in [0.5, 0.6) is 0 Å². The van der Waals surface area contributed by atoms with Gasteiger partial charge in [0.05, 0.1) is 24.2 Å². The largest absolute Gasteiger partial charge is 0.465 e. The summed E-state index contributed by atoms with van der Waals surface area (Å²) in [6.45, 7) is 0.669. The van der Waals surface area contributed by atoms with Crippen molar-refractivity contribution in [2.45, 2.75) is 11.3 Å². The van der Waals surface area contributed by atoms with Crippen molar-refractivity contribution in [3.8, 4) is 0 Å². The number of thiophene rings is 1. The van der Waals surface area contributed by atoms with Crippen molar-refractivity contribution < 1.29 is 22.7 Å². The monoisotopic (exact) mass is 395 g/mol. The molecule has 26 heavy (non-hydrogen) atoms. The zero-order chi connectivity index (χ0) is 18.9. The summed E-state index contributed by atoms with van der Waals surface area (Å²) in [5.41, 5.74) is 2.04. The van der Waals surface area contributed by atoms with Crippen LogP contribution < -0.4 is 15.4 Å². The number of fused-ring (bicyclic) bond motifs is 1. The van der Waals surface area contributed by atoms with E-state index in [9.17, 15) is 18.0 Å². The Balaban J connectivity index is 1.71. The maximum atomic E-state index is 12.3. The summed E-state index contributed by atoms with van der Waals surface area (Å²) >= 11 is 1.19. The number of primary sulfonamides is 1. The van der Waals surface area contributed by atoms with Crippen LogP contribution >= 0.6 is 11.3 Å². The highest BCUT2D eigenvalue weighted by atomic mass is 32.2. The average molecular weight is 395 g/mol. The fourth-order valence-corrected chi connectivity index (χ4v) is 4.14. The van der Waals surface area contributed by atoms with Crippen LogP contribution in [-0.2, 0) is 26.0 Å². The highest BCUT2D eigenvalue weighted by Gasteiger charge is 2.24. The quantitative estimate of drug-likeness (QED) is 0.734. The SMILES string of the molecule is COC(=O)c1sccc1NC(=O)CN1CCc2cc(S(N)(=O)=O)ccc21. The number of hydrogen-bond donors (Lipinski definition) is 2. The van der Waals surface area contributed by atoms with Crippen molar-refractivity contribution in [1.82, 2.24) is 0 Å². The highest BCUT2D eigenvalue weighted by Crippen LogP contribution is 2.30. The van der Waals surface area contributed by atoms with Gasteiger partial charge >= 0.3 is 5.97 Å². The second-order valence-electron chi connectivity index (χ2n) is 5.71. The minimum absolute atomic E-state index is 0.0588. The maximum Gasteiger partial charge on any atom is 0.350 e. The lowest BCUT2D eigenvalue weighted by molar-refractivity contribution is -0.115. The fourth-order valence-electron chi connectivity index (χ4n) is 2.81. The van der Waals surface area contributed by atoms with E-state index in [1.807, 2.05) is 4.90 Å². The molecule has 0 fully saturated rings. The van der Waals surface area contributed by atoms with Crippen LogP contribution in [0.2, 0.25) is 0 Å². The number of carbonyl (C=O) groups is 2. The summed E-state index contributed by atoms with van der Waals surface area (Å²) < 4.78 is 27.6. The van der Waals surface area contributed by atoms with Crippen LogP contribution in [-0.4, -0.2) is 40.5 Å². The van der Waals surface area contributed by atoms with Crippen molar-refractivity contribution in [3.63, 3.8) is 0 Å². The Morgan fingerprint density at radius 2 is 2.12 bits per heavy atom. The second kappa shape index (κ2) is 7.06. The molecule has 1 aromatic heterocycles. The Morgan fingerprint density at radius 3 is 2.81 bits per heavy atom. The van der Waals surface area contributed by atoms with Crippen molar-refractivity contribution in [1.29, 1.82) is 0 Å². The van der Waals surface area contributed by atoms with Crippen LogP contribution in [0.3, 0.4) is 0 Å². The van der Waals surface area contributed by atoms with Gasteiger partial charge in [0.25, 0.3) is 0 Å². The van der Waals surface area contributed by atoms with Crippen LogP contribution in [0.4, 0.5) is 11.4 Å². The first-order valence-corrected chi connectivity index (χ1v) is 10.1. The first kappa shape index (κ1) is 18.4. The number of esters is 1. The molecule has 0 spiro atoms. The van der Waals surface area contributed by atoms with E-state index in [0.717, 1.165) is 11.3 Å². The summed E-state index contributed by atoms with van der Waals surface area (Å²) in [7, 11) is -2.47. The molecule has 0 saturated heterocycles. The zero-order valence-electron chi connectivity index (χ0n) is 13.9. The predicted molar refractivity (Wildman–Crippen MR) is 98.0 cm³/mol. The lowest BCUT2D eigenvalue weighted by Gasteiger charge is -2.19. The molecule has 2 heterocycles. The van der Waals surface area contributed by atoms with Crippen molar-refractivity contribution in [2.24, 2.45) is 5.14 Å². The Bertz CT molecular complexity index is 968. The molecule has 3 N–H and O–H groups in total. The van der Waals surface area contributed by atoms with Gasteiger partial charge in [-0.3, -0.25) is 4.79 Å². The number of methoxy groups -OCH3 is 1. The molecule has 10 heteroatoms. The van der Waals surface area contributed by atoms with Gasteiger partial charge in [-0.05, 0) is 41.6 Å². The van der Waals surface area contributed by atoms with Gasteiger partial charge in [-0.25, -0.2) is 18.4 Å². The minimum Gasteiger partial charge on any atom is -0.465 e. The number of anilines is 2. The number of nitrogens with one attached hydrogen (secondary N) is 1. The summed E-state index contributed by atoms with van der Waals surface area (Å²) in [6, 6.07) is 6.26. The van der Waals surface area contributed by atoms with E-state index >= 15 is 0 Å². The van der Waals surface area contributed by atoms with Gasteiger partial charge in [0.2, 0.25) is 15.9 Å². The first-order valence-electron chi connectivity index (χ1n) is 7.66. The van der Waals surface area contributed by atoms with E-state index in [1.54, 1.807) is 17.5 Å². The molecule has 3 rings (SSSR count). The molecule has 138 valence electrons. The highest BCUT2D eigenvalue weighted by molar-refractivity contribution is 7.89. The van der Waals surface area contributed by atoms with Crippen LogP contribution in [0.1, 0.15) is 15.2 Å². The Morgan fingerprint density at radius 1 is 1.35 bits per heavy atom. The molecule has 0 radical (unpaired) electrons. The Hall–Kier alpha value is -2.43. The molecule has 1 amide bonds. The number of benzene rings is 1. The molecule has 2 aromatic rings. The topological polar surface area (TPSA) is 119 Å². The van der Waals surface area contributed by atoms with Crippen LogP contribution in [0.25, 0.3) is 0 Å². The number of sulfonamides is 1. The molecule has 0 bridgehead atoms. The fraction of sp³-hybridized carbons (Fsp3) is 0.250. The van der Waals surface area contributed by atoms with Gasteiger partial charge in [-0.1, -0.05) is 0 Å². The maximum absolute atomic E-state index is 12.3. The van der Waals surface area contributed by atoms with Crippen molar-refractivity contribution in [2.75, 3.05) is 30.4 Å². The van der Waals surface area contributed by atoms with E-state index < -0.39 is 16.0 Å². The normalized spacial score (nSPS) is 13.4. The van der Waals surface area contributed by atoms with Crippen LogP contribution in [0, 0.1) is 0 Å². The number of nitrogens with two attached hydrogens (primary N) is 1. The number of rotatable bonds is 5. The third-order valence-electron chi connectivity index (χ3n) is 4.02. The molecule has 8 nitrogen and oxygen atoms in total.